The highest BCUT2D eigenvalue weighted by atomic mass is 32.2. The van der Waals surface area contributed by atoms with E-state index in [-0.39, 0.29) is 17.8 Å². The first-order valence-corrected chi connectivity index (χ1v) is 8.31. The molecule has 0 radical (unpaired) electrons. The lowest BCUT2D eigenvalue weighted by Crippen LogP contribution is -2.43. The van der Waals surface area contributed by atoms with Gasteiger partial charge in [-0.2, -0.15) is 13.2 Å². The van der Waals surface area contributed by atoms with Gasteiger partial charge in [-0.25, -0.2) is 4.98 Å². The normalized spacial score (nSPS) is 16.5. The summed E-state index contributed by atoms with van der Waals surface area (Å²) in [5, 5.41) is 0. The van der Waals surface area contributed by atoms with Gasteiger partial charge in [0.15, 0.2) is 0 Å². The summed E-state index contributed by atoms with van der Waals surface area (Å²) in [6.07, 6.45) is 6.36. The average Bonchev–Trinajstić information content (AvgIpc) is 2.48. The van der Waals surface area contributed by atoms with Gasteiger partial charge in [-0.3, -0.25) is 9.69 Å². The van der Waals surface area contributed by atoms with Crippen molar-refractivity contribution in [2.75, 3.05) is 10.7 Å². The summed E-state index contributed by atoms with van der Waals surface area (Å²) in [6, 6.07) is 3.48. The molecule has 1 aliphatic rings. The lowest BCUT2D eigenvalue weighted by molar-refractivity contribution is -0.117. The van der Waals surface area contributed by atoms with Crippen LogP contribution in [0.25, 0.3) is 0 Å². The van der Waals surface area contributed by atoms with Gasteiger partial charge in [0, 0.05) is 12.2 Å². The van der Waals surface area contributed by atoms with Gasteiger partial charge in [0.1, 0.15) is 5.82 Å². The van der Waals surface area contributed by atoms with E-state index < -0.39 is 17.2 Å². The predicted octanol–water partition coefficient (Wildman–Crippen LogP) is 4.31. The molecule has 0 spiro atoms. The molecule has 0 atom stereocenters. The van der Waals surface area contributed by atoms with Crippen LogP contribution in [0, 0.1) is 6.92 Å². The number of halogens is 3. The first-order chi connectivity index (χ1) is 10.4. The monoisotopic (exact) mass is 332 g/mol. The molecule has 0 aliphatic heterocycles. The van der Waals surface area contributed by atoms with E-state index in [1.54, 1.807) is 12.3 Å². The minimum absolute atomic E-state index is 0.0507. The van der Waals surface area contributed by atoms with E-state index in [9.17, 15) is 18.0 Å². The molecule has 2 rings (SSSR count). The zero-order chi connectivity index (χ0) is 16.2. The van der Waals surface area contributed by atoms with E-state index in [2.05, 4.69) is 4.98 Å². The number of pyridine rings is 1. The van der Waals surface area contributed by atoms with Crippen molar-refractivity contribution in [3.8, 4) is 0 Å². The van der Waals surface area contributed by atoms with Crippen molar-refractivity contribution in [2.45, 2.75) is 50.6 Å². The van der Waals surface area contributed by atoms with Gasteiger partial charge >= 0.3 is 5.51 Å². The van der Waals surface area contributed by atoms with E-state index in [1.165, 1.54) is 4.90 Å². The minimum Gasteiger partial charge on any atom is -0.293 e. The highest BCUT2D eigenvalue weighted by Crippen LogP contribution is 2.32. The van der Waals surface area contributed by atoms with Crippen molar-refractivity contribution in [3.05, 3.63) is 23.9 Å². The molecular weight excluding hydrogens is 313 g/mol. The number of alkyl halides is 3. The summed E-state index contributed by atoms with van der Waals surface area (Å²) in [5.41, 5.74) is -3.45. The van der Waals surface area contributed by atoms with Crippen molar-refractivity contribution < 1.29 is 18.0 Å². The summed E-state index contributed by atoms with van der Waals surface area (Å²) >= 11 is -0.287. The molecule has 1 aromatic rings. The Balaban J connectivity index is 2.17. The smallest absolute Gasteiger partial charge is 0.293 e. The molecule has 1 heterocycles. The lowest BCUT2D eigenvalue weighted by Gasteiger charge is -2.33. The molecule has 0 bridgehead atoms. The van der Waals surface area contributed by atoms with E-state index in [0.29, 0.717) is 5.82 Å². The minimum atomic E-state index is -4.39. The van der Waals surface area contributed by atoms with Gasteiger partial charge in [0.2, 0.25) is 5.91 Å². The fourth-order valence-electron chi connectivity index (χ4n) is 2.67. The second-order valence-corrected chi connectivity index (χ2v) is 6.52. The van der Waals surface area contributed by atoms with Gasteiger partial charge in [-0.15, -0.1) is 0 Å². The molecule has 0 unspecified atom stereocenters. The molecule has 3 nitrogen and oxygen atoms in total. The molecule has 1 amide bonds. The van der Waals surface area contributed by atoms with Crippen molar-refractivity contribution >= 4 is 23.5 Å². The Hall–Kier alpha value is -1.24. The maximum Gasteiger partial charge on any atom is 0.442 e. The van der Waals surface area contributed by atoms with Crippen LogP contribution in [0.5, 0.6) is 0 Å². The molecule has 122 valence electrons. The Morgan fingerprint density at radius 3 is 2.55 bits per heavy atom. The average molecular weight is 332 g/mol. The largest absolute Gasteiger partial charge is 0.442 e. The number of amides is 1. The van der Waals surface area contributed by atoms with E-state index in [0.717, 1.165) is 37.7 Å². The molecular formula is C15H19F3N2OS. The third kappa shape index (κ3) is 4.90. The Bertz CT molecular complexity index is 499. The molecule has 1 aromatic heterocycles. The number of hydrogen-bond acceptors (Lipinski definition) is 3. The molecule has 1 aliphatic carbocycles. The number of hydrogen-bond donors (Lipinski definition) is 0. The van der Waals surface area contributed by atoms with Gasteiger partial charge < -0.3 is 0 Å². The molecule has 0 aromatic carbocycles. The quantitative estimate of drug-likeness (QED) is 0.824. The number of carbonyl (C=O) groups excluding carboxylic acids is 1. The highest BCUT2D eigenvalue weighted by molar-refractivity contribution is 8.00. The molecule has 0 N–H and O–H groups in total. The highest BCUT2D eigenvalue weighted by Gasteiger charge is 2.33. The summed E-state index contributed by atoms with van der Waals surface area (Å²) in [6.45, 7) is 1.88. The molecule has 0 saturated heterocycles. The van der Waals surface area contributed by atoms with E-state index in [4.69, 9.17) is 0 Å². The topological polar surface area (TPSA) is 33.2 Å². The van der Waals surface area contributed by atoms with Gasteiger partial charge in [0.25, 0.3) is 0 Å². The third-order valence-corrected chi connectivity index (χ3v) is 4.43. The van der Waals surface area contributed by atoms with Crippen molar-refractivity contribution in [1.82, 2.24) is 4.98 Å². The molecule has 1 saturated carbocycles. The van der Waals surface area contributed by atoms with Crippen LogP contribution in [0.4, 0.5) is 19.0 Å². The van der Waals surface area contributed by atoms with E-state index in [1.807, 2.05) is 13.0 Å². The van der Waals surface area contributed by atoms with Crippen LogP contribution in [0.1, 0.15) is 37.7 Å². The SMILES string of the molecule is Cc1ccc(N(C(=O)CSC(F)(F)F)C2CCCCC2)nc1. The lowest BCUT2D eigenvalue weighted by atomic mass is 9.94. The number of anilines is 1. The van der Waals surface area contributed by atoms with Crippen molar-refractivity contribution in [2.24, 2.45) is 0 Å². The summed E-state index contributed by atoms with van der Waals surface area (Å²) in [4.78, 5) is 18.0. The second-order valence-electron chi connectivity index (χ2n) is 5.48. The number of carbonyl (C=O) groups is 1. The number of nitrogens with zero attached hydrogens (tertiary/aromatic N) is 2. The summed E-state index contributed by atoms with van der Waals surface area (Å²) < 4.78 is 37.1. The summed E-state index contributed by atoms with van der Waals surface area (Å²) in [7, 11) is 0. The van der Waals surface area contributed by atoms with Crippen LogP contribution in [0.15, 0.2) is 18.3 Å². The molecule has 1 fully saturated rings. The Kier molecular flexibility index (Phi) is 5.72. The van der Waals surface area contributed by atoms with Crippen molar-refractivity contribution in [3.63, 3.8) is 0 Å². The van der Waals surface area contributed by atoms with Crippen molar-refractivity contribution in [1.29, 1.82) is 0 Å². The van der Waals surface area contributed by atoms with Gasteiger partial charge in [0.05, 0.1) is 5.75 Å². The first kappa shape index (κ1) is 17.1. The molecule has 22 heavy (non-hydrogen) atoms. The Morgan fingerprint density at radius 2 is 2.00 bits per heavy atom. The Morgan fingerprint density at radius 1 is 1.32 bits per heavy atom. The maximum atomic E-state index is 12.4. The van der Waals surface area contributed by atoms with Crippen LogP contribution in [0.2, 0.25) is 0 Å². The van der Waals surface area contributed by atoms with Crippen LogP contribution in [-0.2, 0) is 4.79 Å². The standard InChI is InChI=1S/C15H19F3N2OS/c1-11-7-8-13(19-9-11)20(12-5-3-2-4-6-12)14(21)10-22-15(16,17)18/h7-9,12H,2-6,10H2,1H3. The number of thioether (sulfide) groups is 1. The van der Waals surface area contributed by atoms with E-state index >= 15 is 0 Å². The maximum absolute atomic E-state index is 12.4. The predicted molar refractivity (Wildman–Crippen MR) is 81.8 cm³/mol. The number of rotatable bonds is 4. The van der Waals surface area contributed by atoms with Crippen LogP contribution in [0.3, 0.4) is 0 Å². The number of aryl methyl sites for hydroxylation is 1. The zero-order valence-corrected chi connectivity index (χ0v) is 13.2. The van der Waals surface area contributed by atoms with Gasteiger partial charge in [-0.1, -0.05) is 25.3 Å². The van der Waals surface area contributed by atoms with Crippen LogP contribution < -0.4 is 4.90 Å². The second kappa shape index (κ2) is 7.35. The van der Waals surface area contributed by atoms with Crippen LogP contribution >= 0.6 is 11.8 Å². The summed E-state index contributed by atoms with van der Waals surface area (Å²) in [5.74, 6) is -0.675. The fourth-order valence-corrected chi connectivity index (χ4v) is 3.10. The van der Waals surface area contributed by atoms with Gasteiger partial charge in [-0.05, 0) is 43.2 Å². The first-order valence-electron chi connectivity index (χ1n) is 7.32. The Labute approximate surface area is 132 Å². The molecule has 7 heteroatoms. The number of aromatic nitrogens is 1. The zero-order valence-electron chi connectivity index (χ0n) is 12.4. The fraction of sp³-hybridized carbons (Fsp3) is 0.600. The van der Waals surface area contributed by atoms with Crippen LogP contribution in [-0.4, -0.2) is 28.2 Å². The third-order valence-electron chi connectivity index (χ3n) is 3.71.